The van der Waals surface area contributed by atoms with Gasteiger partial charge in [-0.25, -0.2) is 0 Å². The summed E-state index contributed by atoms with van der Waals surface area (Å²) in [5.74, 6) is 1.63. The fourth-order valence-electron chi connectivity index (χ4n) is 5.19. The SMILES string of the molecule is COc1ccc([C@@H](CNC(=O)[C@@H]2CC(=O)N(c3ccc4c(c3)OCCO4)C2)N2CCCCC2)cc1. The largest absolute Gasteiger partial charge is 0.497 e. The highest BCUT2D eigenvalue weighted by atomic mass is 16.6. The second-order valence-corrected chi connectivity index (χ2v) is 9.36. The van der Waals surface area contributed by atoms with Crippen LogP contribution in [0.15, 0.2) is 42.5 Å². The van der Waals surface area contributed by atoms with Crippen LogP contribution in [0.3, 0.4) is 0 Å². The van der Waals surface area contributed by atoms with Crippen LogP contribution in [0.5, 0.6) is 17.2 Å². The van der Waals surface area contributed by atoms with E-state index < -0.39 is 0 Å². The smallest absolute Gasteiger partial charge is 0.227 e. The average Bonchev–Trinajstić information content (AvgIpc) is 3.31. The van der Waals surface area contributed by atoms with Crippen molar-refractivity contribution in [2.24, 2.45) is 5.92 Å². The van der Waals surface area contributed by atoms with Gasteiger partial charge >= 0.3 is 0 Å². The maximum absolute atomic E-state index is 13.1. The first kappa shape index (κ1) is 23.5. The Labute approximate surface area is 206 Å². The number of rotatable bonds is 7. The predicted molar refractivity (Wildman–Crippen MR) is 132 cm³/mol. The monoisotopic (exact) mass is 479 g/mol. The number of methoxy groups -OCH3 is 1. The first-order valence-electron chi connectivity index (χ1n) is 12.5. The van der Waals surface area contributed by atoms with Crippen molar-refractivity contribution in [3.8, 4) is 17.2 Å². The topological polar surface area (TPSA) is 80.3 Å². The van der Waals surface area contributed by atoms with E-state index in [0.717, 1.165) is 30.1 Å². The lowest BCUT2D eigenvalue weighted by Gasteiger charge is -2.35. The highest BCUT2D eigenvalue weighted by Crippen LogP contribution is 2.36. The highest BCUT2D eigenvalue weighted by molar-refractivity contribution is 6.00. The van der Waals surface area contributed by atoms with Gasteiger partial charge in [0.25, 0.3) is 0 Å². The van der Waals surface area contributed by atoms with Crippen LogP contribution in [0.25, 0.3) is 0 Å². The molecule has 0 spiro atoms. The fourth-order valence-corrected chi connectivity index (χ4v) is 5.19. The normalized spacial score (nSPS) is 21.0. The number of nitrogens with zero attached hydrogens (tertiary/aromatic N) is 2. The van der Waals surface area contributed by atoms with Gasteiger partial charge in [0, 0.05) is 31.3 Å². The molecule has 3 heterocycles. The van der Waals surface area contributed by atoms with Crippen molar-refractivity contribution in [2.75, 3.05) is 51.4 Å². The van der Waals surface area contributed by atoms with Crippen LogP contribution < -0.4 is 24.4 Å². The molecule has 35 heavy (non-hydrogen) atoms. The summed E-state index contributed by atoms with van der Waals surface area (Å²) in [5, 5.41) is 3.16. The van der Waals surface area contributed by atoms with Crippen LogP contribution in [-0.2, 0) is 9.59 Å². The molecule has 3 aliphatic heterocycles. The van der Waals surface area contributed by atoms with E-state index in [2.05, 4.69) is 22.3 Å². The molecule has 2 saturated heterocycles. The third kappa shape index (κ3) is 5.22. The lowest BCUT2D eigenvalue weighted by Crippen LogP contribution is -2.42. The van der Waals surface area contributed by atoms with E-state index in [-0.39, 0.29) is 30.2 Å². The Bertz CT molecular complexity index is 1050. The molecule has 1 N–H and O–H groups in total. The summed E-state index contributed by atoms with van der Waals surface area (Å²) in [4.78, 5) is 30.1. The molecule has 0 aromatic heterocycles. The number of anilines is 1. The van der Waals surface area contributed by atoms with Gasteiger partial charge in [-0.3, -0.25) is 14.5 Å². The Balaban J connectivity index is 1.24. The molecule has 5 rings (SSSR count). The molecule has 2 fully saturated rings. The lowest BCUT2D eigenvalue weighted by atomic mass is 10.0. The lowest BCUT2D eigenvalue weighted by molar-refractivity contribution is -0.126. The number of fused-ring (bicyclic) bond motifs is 1. The number of hydrogen-bond donors (Lipinski definition) is 1. The summed E-state index contributed by atoms with van der Waals surface area (Å²) in [7, 11) is 1.66. The Morgan fingerprint density at radius 2 is 1.80 bits per heavy atom. The Hall–Kier alpha value is -3.26. The summed E-state index contributed by atoms with van der Waals surface area (Å²) < 4.78 is 16.5. The van der Waals surface area contributed by atoms with Gasteiger partial charge in [0.15, 0.2) is 11.5 Å². The van der Waals surface area contributed by atoms with Crippen molar-refractivity contribution in [1.29, 1.82) is 0 Å². The molecule has 3 aliphatic rings. The molecule has 8 heteroatoms. The third-order valence-corrected chi connectivity index (χ3v) is 7.13. The third-order valence-electron chi connectivity index (χ3n) is 7.13. The quantitative estimate of drug-likeness (QED) is 0.657. The van der Waals surface area contributed by atoms with Gasteiger partial charge < -0.3 is 24.4 Å². The summed E-state index contributed by atoms with van der Waals surface area (Å²) in [5.41, 5.74) is 1.90. The second-order valence-electron chi connectivity index (χ2n) is 9.36. The van der Waals surface area contributed by atoms with E-state index in [4.69, 9.17) is 14.2 Å². The van der Waals surface area contributed by atoms with Gasteiger partial charge in [0.05, 0.1) is 19.1 Å². The molecule has 2 amide bonds. The van der Waals surface area contributed by atoms with E-state index >= 15 is 0 Å². The van der Waals surface area contributed by atoms with E-state index in [0.29, 0.717) is 37.8 Å². The maximum atomic E-state index is 13.1. The molecule has 0 saturated carbocycles. The van der Waals surface area contributed by atoms with E-state index in [1.165, 1.54) is 19.3 Å². The van der Waals surface area contributed by atoms with Crippen molar-refractivity contribution in [1.82, 2.24) is 10.2 Å². The first-order chi connectivity index (χ1) is 17.1. The summed E-state index contributed by atoms with van der Waals surface area (Å²) >= 11 is 0. The minimum atomic E-state index is -0.381. The average molecular weight is 480 g/mol. The molecule has 0 bridgehead atoms. The van der Waals surface area contributed by atoms with Gasteiger partial charge in [-0.15, -0.1) is 0 Å². The molecule has 0 aliphatic carbocycles. The van der Waals surface area contributed by atoms with Gasteiger partial charge in [0.2, 0.25) is 11.8 Å². The Kier molecular flexibility index (Phi) is 7.08. The van der Waals surface area contributed by atoms with Gasteiger partial charge in [-0.2, -0.15) is 0 Å². The molecular formula is C27H33N3O5. The summed E-state index contributed by atoms with van der Waals surface area (Å²) in [6, 6.07) is 13.7. The van der Waals surface area contributed by atoms with Crippen LogP contribution in [0, 0.1) is 5.92 Å². The number of hydrogen-bond acceptors (Lipinski definition) is 6. The van der Waals surface area contributed by atoms with E-state index in [1.54, 1.807) is 12.0 Å². The molecule has 2 atom stereocenters. The maximum Gasteiger partial charge on any atom is 0.227 e. The minimum absolute atomic E-state index is 0.0513. The van der Waals surface area contributed by atoms with Crippen LogP contribution >= 0.6 is 0 Å². The van der Waals surface area contributed by atoms with Gasteiger partial charge in [0.1, 0.15) is 19.0 Å². The van der Waals surface area contributed by atoms with Crippen LogP contribution in [0.2, 0.25) is 0 Å². The zero-order valence-electron chi connectivity index (χ0n) is 20.2. The number of ether oxygens (including phenoxy) is 3. The van der Waals surface area contributed by atoms with Gasteiger partial charge in [-0.1, -0.05) is 18.6 Å². The fraction of sp³-hybridized carbons (Fsp3) is 0.481. The number of benzene rings is 2. The number of amides is 2. The van der Waals surface area contributed by atoms with Gasteiger partial charge in [-0.05, 0) is 55.8 Å². The molecule has 2 aromatic rings. The standard InChI is InChI=1S/C27H33N3O5/c1-33-22-8-5-19(6-9-22)23(29-11-3-2-4-12-29)17-28-27(32)20-15-26(31)30(18-20)21-7-10-24-25(16-21)35-14-13-34-24/h5-10,16,20,23H,2-4,11-15,17-18H2,1H3,(H,28,32)/t20-,23-/m1/s1. The Morgan fingerprint density at radius 3 is 2.54 bits per heavy atom. The summed E-state index contributed by atoms with van der Waals surface area (Å²) in [6.07, 6.45) is 3.79. The van der Waals surface area contributed by atoms with Crippen molar-refractivity contribution in [3.63, 3.8) is 0 Å². The number of carbonyl (C=O) groups excluding carboxylic acids is 2. The van der Waals surface area contributed by atoms with Crippen LogP contribution in [0.4, 0.5) is 5.69 Å². The molecule has 0 unspecified atom stereocenters. The summed E-state index contributed by atoms with van der Waals surface area (Å²) in [6.45, 7) is 3.92. The van der Waals surface area contributed by atoms with Crippen molar-refractivity contribution in [3.05, 3.63) is 48.0 Å². The number of likely N-dealkylation sites (tertiary alicyclic amines) is 1. The van der Waals surface area contributed by atoms with Crippen molar-refractivity contribution < 1.29 is 23.8 Å². The van der Waals surface area contributed by atoms with Crippen LogP contribution in [0.1, 0.15) is 37.3 Å². The molecule has 2 aromatic carbocycles. The second kappa shape index (κ2) is 10.6. The van der Waals surface area contributed by atoms with Crippen molar-refractivity contribution >= 4 is 17.5 Å². The van der Waals surface area contributed by atoms with E-state index in [1.807, 2.05) is 30.3 Å². The zero-order valence-corrected chi connectivity index (χ0v) is 20.2. The first-order valence-corrected chi connectivity index (χ1v) is 12.5. The highest BCUT2D eigenvalue weighted by Gasteiger charge is 2.36. The molecular weight excluding hydrogens is 446 g/mol. The predicted octanol–water partition coefficient (Wildman–Crippen LogP) is 3.16. The Morgan fingerprint density at radius 1 is 1.06 bits per heavy atom. The van der Waals surface area contributed by atoms with Crippen molar-refractivity contribution in [2.45, 2.75) is 31.7 Å². The number of nitrogens with one attached hydrogen (secondary N) is 1. The number of carbonyl (C=O) groups is 2. The number of piperidine rings is 1. The van der Waals surface area contributed by atoms with E-state index in [9.17, 15) is 9.59 Å². The zero-order chi connectivity index (χ0) is 24.2. The molecule has 186 valence electrons. The molecule has 0 radical (unpaired) electrons. The molecule has 8 nitrogen and oxygen atoms in total. The minimum Gasteiger partial charge on any atom is -0.497 e. The van der Waals surface area contributed by atoms with Crippen LogP contribution in [-0.4, -0.2) is 63.2 Å².